The minimum atomic E-state index is -0.0294. The lowest BCUT2D eigenvalue weighted by Gasteiger charge is -2.17. The Morgan fingerprint density at radius 1 is 1.17 bits per heavy atom. The fourth-order valence-electron chi connectivity index (χ4n) is 1.63. The molecule has 1 amide bonds. The topological polar surface area (TPSA) is 46.3 Å². The van der Waals surface area contributed by atoms with Gasteiger partial charge in [0.25, 0.3) is 5.91 Å². The largest absolute Gasteiger partial charge is 0.399 e. The van der Waals surface area contributed by atoms with E-state index >= 15 is 0 Å². The lowest BCUT2D eigenvalue weighted by atomic mass is 10.2. The maximum absolute atomic E-state index is 12.3. The van der Waals surface area contributed by atoms with E-state index in [1.807, 2.05) is 36.4 Å². The minimum absolute atomic E-state index is 0.0294. The Balaban J connectivity index is 2.26. The molecule has 0 heterocycles. The standard InChI is InChI=1S/C14H13IN2O/c1-17(13-7-5-12(16)6-8-13)14(18)10-3-2-4-11(15)9-10/h2-9H,16H2,1H3. The van der Waals surface area contributed by atoms with Crippen molar-refractivity contribution in [3.05, 3.63) is 57.7 Å². The molecule has 2 aromatic carbocycles. The zero-order chi connectivity index (χ0) is 13.1. The zero-order valence-corrected chi connectivity index (χ0v) is 12.1. The molecule has 2 aromatic rings. The minimum Gasteiger partial charge on any atom is -0.399 e. The van der Waals surface area contributed by atoms with Crippen LogP contribution in [0.1, 0.15) is 10.4 Å². The molecule has 18 heavy (non-hydrogen) atoms. The summed E-state index contributed by atoms with van der Waals surface area (Å²) in [5, 5.41) is 0. The zero-order valence-electron chi connectivity index (χ0n) is 9.93. The van der Waals surface area contributed by atoms with Gasteiger partial charge in [-0.15, -0.1) is 0 Å². The third-order valence-electron chi connectivity index (χ3n) is 2.66. The summed E-state index contributed by atoms with van der Waals surface area (Å²) in [6.07, 6.45) is 0. The average Bonchev–Trinajstić information content (AvgIpc) is 2.38. The Labute approximate surface area is 120 Å². The number of nitrogen functional groups attached to an aromatic ring is 1. The van der Waals surface area contributed by atoms with E-state index in [4.69, 9.17) is 5.73 Å². The molecule has 3 nitrogen and oxygen atoms in total. The molecule has 0 fully saturated rings. The summed E-state index contributed by atoms with van der Waals surface area (Å²) in [4.78, 5) is 13.9. The molecule has 0 saturated heterocycles. The van der Waals surface area contributed by atoms with Crippen molar-refractivity contribution in [1.82, 2.24) is 0 Å². The maximum Gasteiger partial charge on any atom is 0.258 e. The highest BCUT2D eigenvalue weighted by atomic mass is 127. The van der Waals surface area contributed by atoms with E-state index in [1.165, 1.54) is 0 Å². The monoisotopic (exact) mass is 352 g/mol. The molecule has 0 aromatic heterocycles. The lowest BCUT2D eigenvalue weighted by molar-refractivity contribution is 0.0993. The Hall–Kier alpha value is -1.56. The van der Waals surface area contributed by atoms with Crippen molar-refractivity contribution in [2.45, 2.75) is 0 Å². The molecule has 0 saturated carbocycles. The lowest BCUT2D eigenvalue weighted by Crippen LogP contribution is -2.26. The van der Waals surface area contributed by atoms with Gasteiger partial charge >= 0.3 is 0 Å². The van der Waals surface area contributed by atoms with Crippen LogP contribution in [0.4, 0.5) is 11.4 Å². The summed E-state index contributed by atoms with van der Waals surface area (Å²) in [6.45, 7) is 0. The Morgan fingerprint density at radius 3 is 2.44 bits per heavy atom. The number of anilines is 2. The molecule has 0 radical (unpaired) electrons. The number of hydrogen-bond donors (Lipinski definition) is 1. The predicted octanol–water partition coefficient (Wildman–Crippen LogP) is 3.15. The summed E-state index contributed by atoms with van der Waals surface area (Å²) >= 11 is 2.19. The normalized spacial score (nSPS) is 10.1. The molecule has 0 aliphatic heterocycles. The summed E-state index contributed by atoms with van der Waals surface area (Å²) < 4.78 is 1.05. The van der Waals surface area contributed by atoms with E-state index in [0.29, 0.717) is 11.3 Å². The van der Waals surface area contributed by atoms with Gasteiger partial charge in [0, 0.05) is 27.6 Å². The van der Waals surface area contributed by atoms with E-state index in [0.717, 1.165) is 9.26 Å². The van der Waals surface area contributed by atoms with Crippen molar-refractivity contribution >= 4 is 39.9 Å². The first kappa shape index (κ1) is 12.9. The van der Waals surface area contributed by atoms with Crippen LogP contribution in [-0.2, 0) is 0 Å². The number of rotatable bonds is 2. The summed E-state index contributed by atoms with van der Waals surface area (Å²) in [5.74, 6) is -0.0294. The number of halogens is 1. The Kier molecular flexibility index (Phi) is 3.86. The van der Waals surface area contributed by atoms with Crippen LogP contribution in [-0.4, -0.2) is 13.0 Å². The molecule has 0 aliphatic rings. The van der Waals surface area contributed by atoms with E-state index in [-0.39, 0.29) is 5.91 Å². The highest BCUT2D eigenvalue weighted by molar-refractivity contribution is 14.1. The molecule has 0 spiro atoms. The number of nitrogens with zero attached hydrogens (tertiary/aromatic N) is 1. The average molecular weight is 352 g/mol. The van der Waals surface area contributed by atoms with Crippen LogP contribution in [0.3, 0.4) is 0 Å². The van der Waals surface area contributed by atoms with Gasteiger partial charge in [0.15, 0.2) is 0 Å². The molecular formula is C14H13IN2O. The molecular weight excluding hydrogens is 339 g/mol. The molecule has 0 atom stereocenters. The highest BCUT2D eigenvalue weighted by Crippen LogP contribution is 2.18. The SMILES string of the molecule is CN(C(=O)c1cccc(I)c1)c1ccc(N)cc1. The van der Waals surface area contributed by atoms with Gasteiger partial charge in [0.1, 0.15) is 0 Å². The summed E-state index contributed by atoms with van der Waals surface area (Å²) in [5.41, 5.74) is 7.83. The van der Waals surface area contributed by atoms with Gasteiger partial charge < -0.3 is 10.6 Å². The second-order valence-electron chi connectivity index (χ2n) is 3.97. The van der Waals surface area contributed by atoms with Crippen molar-refractivity contribution < 1.29 is 4.79 Å². The molecule has 0 aliphatic carbocycles. The first-order chi connectivity index (χ1) is 8.58. The second-order valence-corrected chi connectivity index (χ2v) is 5.21. The first-order valence-electron chi connectivity index (χ1n) is 5.47. The van der Waals surface area contributed by atoms with Gasteiger partial charge in [-0.2, -0.15) is 0 Å². The fraction of sp³-hybridized carbons (Fsp3) is 0.0714. The predicted molar refractivity (Wildman–Crippen MR) is 82.7 cm³/mol. The van der Waals surface area contributed by atoms with Crippen molar-refractivity contribution in [2.24, 2.45) is 0 Å². The van der Waals surface area contributed by atoms with Crippen molar-refractivity contribution in [1.29, 1.82) is 0 Å². The van der Waals surface area contributed by atoms with E-state index in [1.54, 1.807) is 24.1 Å². The van der Waals surface area contributed by atoms with Crippen molar-refractivity contribution in [3.8, 4) is 0 Å². The molecule has 2 N–H and O–H groups in total. The highest BCUT2D eigenvalue weighted by Gasteiger charge is 2.13. The van der Waals surface area contributed by atoms with E-state index in [2.05, 4.69) is 22.6 Å². The van der Waals surface area contributed by atoms with Crippen LogP contribution in [0.5, 0.6) is 0 Å². The Bertz CT molecular complexity index is 566. The molecule has 4 heteroatoms. The number of benzene rings is 2. The number of hydrogen-bond acceptors (Lipinski definition) is 2. The Morgan fingerprint density at radius 2 is 1.83 bits per heavy atom. The quantitative estimate of drug-likeness (QED) is 0.667. The van der Waals surface area contributed by atoms with Crippen molar-refractivity contribution in [3.63, 3.8) is 0 Å². The van der Waals surface area contributed by atoms with Gasteiger partial charge in [0.05, 0.1) is 0 Å². The van der Waals surface area contributed by atoms with Gasteiger partial charge in [-0.05, 0) is 65.1 Å². The number of nitrogens with two attached hydrogens (primary N) is 1. The van der Waals surface area contributed by atoms with Crippen LogP contribution in [0.15, 0.2) is 48.5 Å². The van der Waals surface area contributed by atoms with Crippen LogP contribution < -0.4 is 10.6 Å². The summed E-state index contributed by atoms with van der Waals surface area (Å²) in [7, 11) is 1.76. The van der Waals surface area contributed by atoms with Crippen LogP contribution in [0.2, 0.25) is 0 Å². The number of amides is 1. The summed E-state index contributed by atoms with van der Waals surface area (Å²) in [6, 6.07) is 14.8. The van der Waals surface area contributed by atoms with Crippen LogP contribution >= 0.6 is 22.6 Å². The van der Waals surface area contributed by atoms with Gasteiger partial charge in [0.2, 0.25) is 0 Å². The molecule has 0 unspecified atom stereocenters. The third kappa shape index (κ3) is 2.81. The second kappa shape index (κ2) is 5.39. The maximum atomic E-state index is 12.3. The molecule has 92 valence electrons. The van der Waals surface area contributed by atoms with Crippen molar-refractivity contribution in [2.75, 3.05) is 17.7 Å². The fourth-order valence-corrected chi connectivity index (χ4v) is 2.17. The number of carbonyl (C=O) groups is 1. The first-order valence-corrected chi connectivity index (χ1v) is 6.55. The molecule has 0 bridgehead atoms. The van der Waals surface area contributed by atoms with E-state index in [9.17, 15) is 4.79 Å². The van der Waals surface area contributed by atoms with E-state index < -0.39 is 0 Å². The molecule has 2 rings (SSSR count). The third-order valence-corrected chi connectivity index (χ3v) is 3.33. The van der Waals surface area contributed by atoms with Gasteiger partial charge in [-0.1, -0.05) is 6.07 Å². The van der Waals surface area contributed by atoms with Gasteiger partial charge in [-0.3, -0.25) is 4.79 Å². The smallest absolute Gasteiger partial charge is 0.258 e. The number of carbonyl (C=O) groups excluding carboxylic acids is 1. The van der Waals surface area contributed by atoms with Gasteiger partial charge in [-0.25, -0.2) is 0 Å². The van der Waals surface area contributed by atoms with Crippen LogP contribution in [0, 0.1) is 3.57 Å². The van der Waals surface area contributed by atoms with Crippen LogP contribution in [0.25, 0.3) is 0 Å².